The minimum absolute atomic E-state index is 0.103. The Kier molecular flexibility index (Phi) is 5.98. The van der Waals surface area contributed by atoms with Crippen molar-refractivity contribution in [1.29, 1.82) is 0 Å². The molecule has 0 aliphatic rings. The van der Waals surface area contributed by atoms with Gasteiger partial charge in [-0.05, 0) is 19.8 Å². The van der Waals surface area contributed by atoms with Crippen molar-refractivity contribution in [2.24, 2.45) is 5.92 Å². The Morgan fingerprint density at radius 3 is 2.36 bits per heavy atom. The van der Waals surface area contributed by atoms with Crippen molar-refractivity contribution in [3.8, 4) is 0 Å². The summed E-state index contributed by atoms with van der Waals surface area (Å²) in [5.74, 6) is -3.04. The predicted molar refractivity (Wildman–Crippen MR) is 57.7 cm³/mol. The zero-order valence-corrected chi connectivity index (χ0v) is 9.74. The first-order valence-corrected chi connectivity index (χ1v) is 5.47. The van der Waals surface area contributed by atoms with Gasteiger partial charge in [0.1, 0.15) is 0 Å². The Labute approximate surface area is 86.4 Å². The first-order valence-electron chi connectivity index (χ1n) is 5.47. The van der Waals surface area contributed by atoms with Crippen molar-refractivity contribution in [3.05, 3.63) is 11.6 Å². The molecule has 0 radical (unpaired) electrons. The highest BCUT2D eigenvalue weighted by atomic mass is 19.3. The molecular formula is C12H22F2. The fraction of sp³-hybridized carbons (Fsp3) is 0.833. The van der Waals surface area contributed by atoms with Crippen LogP contribution in [0.5, 0.6) is 0 Å². The van der Waals surface area contributed by atoms with Gasteiger partial charge in [0.05, 0.1) is 0 Å². The summed E-state index contributed by atoms with van der Waals surface area (Å²) in [7, 11) is 0. The molecule has 1 atom stereocenters. The number of hydrogen-bond donors (Lipinski definition) is 0. The molecule has 14 heavy (non-hydrogen) atoms. The summed E-state index contributed by atoms with van der Waals surface area (Å²) < 4.78 is 26.9. The molecule has 0 N–H and O–H groups in total. The average molecular weight is 204 g/mol. The van der Waals surface area contributed by atoms with Crippen LogP contribution in [0.4, 0.5) is 8.78 Å². The zero-order valence-electron chi connectivity index (χ0n) is 9.74. The smallest absolute Gasteiger partial charge is 0.206 e. The maximum Gasteiger partial charge on any atom is 0.254 e. The Hall–Kier alpha value is -0.400. The van der Waals surface area contributed by atoms with E-state index in [1.54, 1.807) is 13.0 Å². The number of hydrogen-bond acceptors (Lipinski definition) is 0. The molecule has 0 saturated heterocycles. The van der Waals surface area contributed by atoms with Gasteiger partial charge in [0, 0.05) is 12.3 Å². The lowest BCUT2D eigenvalue weighted by molar-refractivity contribution is -0.0514. The molecule has 0 amide bonds. The summed E-state index contributed by atoms with van der Waals surface area (Å²) in [6.45, 7) is 7.47. The third-order valence-corrected chi connectivity index (χ3v) is 2.72. The summed E-state index contributed by atoms with van der Waals surface area (Å²) in [6, 6.07) is 0. The van der Waals surface area contributed by atoms with E-state index in [0.717, 1.165) is 18.4 Å². The van der Waals surface area contributed by atoms with Crippen LogP contribution in [0.3, 0.4) is 0 Å². The zero-order chi connectivity index (χ0) is 11.2. The lowest BCUT2D eigenvalue weighted by atomic mass is 9.95. The van der Waals surface area contributed by atoms with Crippen LogP contribution in [-0.2, 0) is 0 Å². The van der Waals surface area contributed by atoms with Gasteiger partial charge in [0.2, 0.25) is 0 Å². The van der Waals surface area contributed by atoms with E-state index in [-0.39, 0.29) is 6.42 Å². The van der Waals surface area contributed by atoms with E-state index in [1.165, 1.54) is 0 Å². The van der Waals surface area contributed by atoms with E-state index in [0.29, 0.717) is 6.42 Å². The van der Waals surface area contributed by atoms with Crippen molar-refractivity contribution in [2.75, 3.05) is 0 Å². The van der Waals surface area contributed by atoms with Crippen molar-refractivity contribution in [2.45, 2.75) is 59.3 Å². The molecule has 0 bridgehead atoms. The quantitative estimate of drug-likeness (QED) is 0.545. The van der Waals surface area contributed by atoms with Crippen LogP contribution in [0.1, 0.15) is 53.4 Å². The topological polar surface area (TPSA) is 0 Å². The summed E-state index contributed by atoms with van der Waals surface area (Å²) in [6.07, 6.45) is 3.86. The van der Waals surface area contributed by atoms with E-state index in [2.05, 4.69) is 0 Å². The number of halogens is 2. The average Bonchev–Trinajstić information content (AvgIpc) is 2.14. The van der Waals surface area contributed by atoms with Crippen LogP contribution in [0, 0.1) is 5.92 Å². The maximum absolute atomic E-state index is 13.5. The highest BCUT2D eigenvalue weighted by molar-refractivity contribution is 4.99. The van der Waals surface area contributed by atoms with Crippen LogP contribution in [-0.4, -0.2) is 5.92 Å². The molecule has 0 rings (SSSR count). The molecule has 0 saturated carbocycles. The monoisotopic (exact) mass is 204 g/mol. The van der Waals surface area contributed by atoms with Gasteiger partial charge in [-0.1, -0.05) is 38.8 Å². The summed E-state index contributed by atoms with van der Waals surface area (Å²) in [5.41, 5.74) is 1.05. The third kappa shape index (κ3) is 4.73. The van der Waals surface area contributed by atoms with E-state index in [1.807, 2.05) is 20.8 Å². The Morgan fingerprint density at radius 2 is 1.93 bits per heavy atom. The lowest BCUT2D eigenvalue weighted by Gasteiger charge is -2.22. The third-order valence-electron chi connectivity index (χ3n) is 2.72. The first kappa shape index (κ1) is 13.6. The number of rotatable bonds is 6. The molecule has 0 aromatic rings. The van der Waals surface area contributed by atoms with E-state index in [4.69, 9.17) is 0 Å². The van der Waals surface area contributed by atoms with Crippen LogP contribution in [0.25, 0.3) is 0 Å². The molecule has 0 fully saturated rings. The van der Waals surface area contributed by atoms with E-state index < -0.39 is 11.8 Å². The molecule has 0 aliphatic heterocycles. The van der Waals surface area contributed by atoms with Gasteiger partial charge in [0.15, 0.2) is 0 Å². The molecule has 0 nitrogen and oxygen atoms in total. The van der Waals surface area contributed by atoms with Crippen LogP contribution >= 0.6 is 0 Å². The predicted octanol–water partition coefficient (Wildman–Crippen LogP) is 4.80. The van der Waals surface area contributed by atoms with Gasteiger partial charge in [-0.3, -0.25) is 0 Å². The lowest BCUT2D eigenvalue weighted by Crippen LogP contribution is -2.25. The normalized spacial score (nSPS) is 15.7. The molecule has 0 heterocycles. The van der Waals surface area contributed by atoms with Gasteiger partial charge in [0.25, 0.3) is 5.92 Å². The number of allylic oxidation sites excluding steroid dienone is 2. The Bertz CT molecular complexity index is 183. The van der Waals surface area contributed by atoms with Gasteiger partial charge < -0.3 is 0 Å². The van der Waals surface area contributed by atoms with Crippen molar-refractivity contribution < 1.29 is 8.78 Å². The van der Waals surface area contributed by atoms with E-state index >= 15 is 0 Å². The molecular weight excluding hydrogens is 182 g/mol. The molecule has 2 heteroatoms. The molecule has 0 aliphatic carbocycles. The standard InChI is InChI=1S/C12H22F2/c1-5-7-11(4)12(13,14)9-8-10(3)6-2/h8,11H,5-7,9H2,1-4H3. The number of alkyl halides is 2. The summed E-state index contributed by atoms with van der Waals surface area (Å²) in [5, 5.41) is 0. The van der Waals surface area contributed by atoms with Crippen LogP contribution < -0.4 is 0 Å². The second kappa shape index (κ2) is 6.15. The fourth-order valence-corrected chi connectivity index (χ4v) is 1.30. The molecule has 0 aromatic heterocycles. The van der Waals surface area contributed by atoms with Crippen LogP contribution in [0.15, 0.2) is 11.6 Å². The van der Waals surface area contributed by atoms with Crippen LogP contribution in [0.2, 0.25) is 0 Å². The minimum atomic E-state index is -2.54. The summed E-state index contributed by atoms with van der Waals surface area (Å²) >= 11 is 0. The minimum Gasteiger partial charge on any atom is -0.206 e. The summed E-state index contributed by atoms with van der Waals surface area (Å²) in [4.78, 5) is 0. The highest BCUT2D eigenvalue weighted by Gasteiger charge is 2.34. The first-order chi connectivity index (χ1) is 6.44. The largest absolute Gasteiger partial charge is 0.254 e. The second-order valence-corrected chi connectivity index (χ2v) is 4.06. The molecule has 0 aromatic carbocycles. The highest BCUT2D eigenvalue weighted by Crippen LogP contribution is 2.32. The molecule has 0 spiro atoms. The Morgan fingerprint density at radius 1 is 1.36 bits per heavy atom. The van der Waals surface area contributed by atoms with Crippen molar-refractivity contribution >= 4 is 0 Å². The maximum atomic E-state index is 13.5. The fourth-order valence-electron chi connectivity index (χ4n) is 1.30. The van der Waals surface area contributed by atoms with Crippen molar-refractivity contribution in [1.82, 2.24) is 0 Å². The van der Waals surface area contributed by atoms with Gasteiger partial charge in [-0.15, -0.1) is 0 Å². The van der Waals surface area contributed by atoms with Crippen molar-refractivity contribution in [3.63, 3.8) is 0 Å². The van der Waals surface area contributed by atoms with E-state index in [9.17, 15) is 8.78 Å². The van der Waals surface area contributed by atoms with Gasteiger partial charge in [-0.2, -0.15) is 0 Å². The second-order valence-electron chi connectivity index (χ2n) is 4.06. The Balaban J connectivity index is 4.18. The van der Waals surface area contributed by atoms with Gasteiger partial charge >= 0.3 is 0 Å². The SMILES string of the molecule is CCCC(C)C(F)(F)CC=C(C)CC. The molecule has 84 valence electrons. The van der Waals surface area contributed by atoms with Gasteiger partial charge in [-0.25, -0.2) is 8.78 Å². The molecule has 1 unspecified atom stereocenters.